The molecular formula is C15H24N2O2. The molecule has 4 aliphatic heterocycles. The average molecular weight is 264 g/mol. The summed E-state index contributed by atoms with van der Waals surface area (Å²) in [5, 5.41) is 11.2. The van der Waals surface area contributed by atoms with Crippen LogP contribution in [0.4, 0.5) is 0 Å². The maximum absolute atomic E-state index is 12.2. The molecule has 4 heteroatoms. The highest BCUT2D eigenvalue weighted by Crippen LogP contribution is 2.49. The first-order valence-electron chi connectivity index (χ1n) is 7.97. The van der Waals surface area contributed by atoms with Crippen LogP contribution >= 0.6 is 0 Å². The van der Waals surface area contributed by atoms with Crippen molar-refractivity contribution >= 4 is 5.91 Å². The third-order valence-electron chi connectivity index (χ3n) is 6.01. The van der Waals surface area contributed by atoms with Gasteiger partial charge in [0.2, 0.25) is 5.91 Å². The minimum absolute atomic E-state index is 0.190. The monoisotopic (exact) mass is 264 g/mol. The van der Waals surface area contributed by atoms with Crippen LogP contribution < -0.4 is 0 Å². The number of nitrogens with zero attached hydrogens (tertiary/aromatic N) is 2. The van der Waals surface area contributed by atoms with E-state index in [9.17, 15) is 9.90 Å². The molecule has 4 atom stereocenters. The second-order valence-corrected chi connectivity index (χ2v) is 6.91. The summed E-state index contributed by atoms with van der Waals surface area (Å²) in [5.41, 5.74) is -0.827. The highest BCUT2D eigenvalue weighted by molar-refractivity contribution is 5.78. The molecule has 4 aliphatic rings. The number of carbonyl (C=O) groups is 1. The summed E-state index contributed by atoms with van der Waals surface area (Å²) in [4.78, 5) is 16.7. The average Bonchev–Trinajstić information content (AvgIpc) is 2.42. The third-order valence-corrected chi connectivity index (χ3v) is 6.01. The Balaban J connectivity index is 1.72. The summed E-state index contributed by atoms with van der Waals surface area (Å²) >= 11 is 0. The maximum atomic E-state index is 12.2. The van der Waals surface area contributed by atoms with Crippen LogP contribution in [0.5, 0.6) is 0 Å². The van der Waals surface area contributed by atoms with Crippen LogP contribution in [0.25, 0.3) is 0 Å². The van der Waals surface area contributed by atoms with Gasteiger partial charge in [0.15, 0.2) is 0 Å². The largest absolute Gasteiger partial charge is 0.370 e. The fourth-order valence-electron chi connectivity index (χ4n) is 5.27. The van der Waals surface area contributed by atoms with E-state index in [0.717, 1.165) is 25.8 Å². The Hall–Kier alpha value is -0.610. The zero-order valence-corrected chi connectivity index (χ0v) is 11.6. The van der Waals surface area contributed by atoms with Crippen molar-refractivity contribution in [2.75, 3.05) is 19.6 Å². The van der Waals surface area contributed by atoms with Crippen LogP contribution in [-0.2, 0) is 4.79 Å². The topological polar surface area (TPSA) is 43.8 Å². The predicted molar refractivity (Wildman–Crippen MR) is 71.3 cm³/mol. The van der Waals surface area contributed by atoms with Gasteiger partial charge in [0.25, 0.3) is 0 Å². The predicted octanol–water partition coefficient (Wildman–Crippen LogP) is 1.19. The Labute approximate surface area is 114 Å². The molecule has 0 bridgehead atoms. The SMILES string of the molecule is O=C1CCCC2(O)C3CCCN4CCCC(CN12)C34. The molecule has 0 aliphatic carbocycles. The Morgan fingerprint density at radius 1 is 1.16 bits per heavy atom. The van der Waals surface area contributed by atoms with Crippen molar-refractivity contribution in [3.8, 4) is 0 Å². The first-order valence-corrected chi connectivity index (χ1v) is 7.97. The van der Waals surface area contributed by atoms with Crippen LogP contribution in [0, 0.1) is 11.8 Å². The lowest BCUT2D eigenvalue weighted by Gasteiger charge is -2.62. The molecule has 4 heterocycles. The number of carbonyl (C=O) groups excluding carboxylic acids is 1. The quantitative estimate of drug-likeness (QED) is 0.715. The highest BCUT2D eigenvalue weighted by Gasteiger charge is 2.57. The van der Waals surface area contributed by atoms with Gasteiger partial charge in [-0.15, -0.1) is 0 Å². The Kier molecular flexibility index (Phi) is 2.68. The summed E-state index contributed by atoms with van der Waals surface area (Å²) < 4.78 is 0. The Bertz CT molecular complexity index is 398. The molecule has 4 fully saturated rings. The number of fused-ring (bicyclic) bond motifs is 2. The Morgan fingerprint density at radius 3 is 2.79 bits per heavy atom. The molecule has 4 rings (SSSR count). The zero-order chi connectivity index (χ0) is 13.0. The minimum Gasteiger partial charge on any atom is -0.370 e. The van der Waals surface area contributed by atoms with E-state index in [1.54, 1.807) is 0 Å². The number of amides is 1. The minimum atomic E-state index is -0.827. The second kappa shape index (κ2) is 4.19. The summed E-state index contributed by atoms with van der Waals surface area (Å²) in [7, 11) is 0. The van der Waals surface area contributed by atoms with Gasteiger partial charge in [0.1, 0.15) is 5.72 Å². The van der Waals surface area contributed by atoms with Crippen molar-refractivity contribution < 1.29 is 9.90 Å². The van der Waals surface area contributed by atoms with E-state index < -0.39 is 5.72 Å². The van der Waals surface area contributed by atoms with Gasteiger partial charge in [-0.1, -0.05) is 0 Å². The van der Waals surface area contributed by atoms with E-state index in [-0.39, 0.29) is 5.91 Å². The summed E-state index contributed by atoms with van der Waals surface area (Å²) in [6, 6.07) is 0.537. The lowest BCUT2D eigenvalue weighted by molar-refractivity contribution is -0.234. The van der Waals surface area contributed by atoms with E-state index in [1.807, 2.05) is 4.90 Å². The van der Waals surface area contributed by atoms with Gasteiger partial charge in [-0.2, -0.15) is 0 Å². The van der Waals surface area contributed by atoms with Crippen molar-refractivity contribution in [1.29, 1.82) is 0 Å². The molecular weight excluding hydrogens is 240 g/mol. The second-order valence-electron chi connectivity index (χ2n) is 6.91. The zero-order valence-electron chi connectivity index (χ0n) is 11.6. The molecule has 0 spiro atoms. The van der Waals surface area contributed by atoms with Crippen LogP contribution in [-0.4, -0.2) is 52.2 Å². The number of piperidine rings is 4. The third kappa shape index (κ3) is 1.62. The molecule has 0 aromatic carbocycles. The fraction of sp³-hybridized carbons (Fsp3) is 0.933. The van der Waals surface area contributed by atoms with Gasteiger partial charge in [0.05, 0.1) is 0 Å². The number of hydrogen-bond acceptors (Lipinski definition) is 3. The van der Waals surface area contributed by atoms with Crippen LogP contribution in [0.2, 0.25) is 0 Å². The van der Waals surface area contributed by atoms with Crippen molar-refractivity contribution in [2.24, 2.45) is 11.8 Å². The first-order chi connectivity index (χ1) is 9.20. The Morgan fingerprint density at radius 2 is 1.95 bits per heavy atom. The molecule has 1 N–H and O–H groups in total. The molecule has 0 aromatic rings. The van der Waals surface area contributed by atoms with Gasteiger partial charge in [-0.05, 0) is 57.5 Å². The van der Waals surface area contributed by atoms with Crippen molar-refractivity contribution in [3.63, 3.8) is 0 Å². The maximum Gasteiger partial charge on any atom is 0.224 e. The normalized spacial score (nSPS) is 46.7. The standard InChI is InChI=1S/C15H24N2O2/c18-13-6-1-7-15(19)12-5-3-9-16-8-2-4-11(14(12)16)10-17(13)15/h11-12,14,19H,1-10H2. The number of rotatable bonds is 0. The first kappa shape index (κ1) is 12.2. The van der Waals surface area contributed by atoms with Gasteiger partial charge < -0.3 is 10.0 Å². The molecule has 4 saturated heterocycles. The van der Waals surface area contributed by atoms with Gasteiger partial charge in [0, 0.05) is 24.9 Å². The number of aliphatic hydroxyl groups is 1. The molecule has 4 nitrogen and oxygen atoms in total. The summed E-state index contributed by atoms with van der Waals surface area (Å²) in [6.07, 6.45) is 7.05. The lowest BCUT2D eigenvalue weighted by Crippen LogP contribution is -2.72. The van der Waals surface area contributed by atoms with Crippen molar-refractivity contribution in [2.45, 2.75) is 56.7 Å². The summed E-state index contributed by atoms with van der Waals surface area (Å²) in [5.74, 6) is 1.08. The van der Waals surface area contributed by atoms with Gasteiger partial charge >= 0.3 is 0 Å². The van der Waals surface area contributed by atoms with Gasteiger partial charge in [-0.25, -0.2) is 0 Å². The summed E-state index contributed by atoms with van der Waals surface area (Å²) in [6.45, 7) is 3.19. The van der Waals surface area contributed by atoms with Gasteiger partial charge in [-0.3, -0.25) is 9.69 Å². The van der Waals surface area contributed by atoms with Crippen LogP contribution in [0.1, 0.15) is 44.9 Å². The van der Waals surface area contributed by atoms with Crippen molar-refractivity contribution in [3.05, 3.63) is 0 Å². The number of hydrogen-bond donors (Lipinski definition) is 1. The van der Waals surface area contributed by atoms with Crippen LogP contribution in [0.3, 0.4) is 0 Å². The molecule has 19 heavy (non-hydrogen) atoms. The molecule has 0 aromatic heterocycles. The highest BCUT2D eigenvalue weighted by atomic mass is 16.3. The molecule has 0 radical (unpaired) electrons. The van der Waals surface area contributed by atoms with E-state index >= 15 is 0 Å². The van der Waals surface area contributed by atoms with E-state index in [1.165, 1.54) is 32.4 Å². The molecule has 1 amide bonds. The smallest absolute Gasteiger partial charge is 0.224 e. The van der Waals surface area contributed by atoms with Crippen LogP contribution in [0.15, 0.2) is 0 Å². The van der Waals surface area contributed by atoms with E-state index in [2.05, 4.69) is 4.90 Å². The fourth-order valence-corrected chi connectivity index (χ4v) is 5.27. The lowest BCUT2D eigenvalue weighted by atomic mass is 9.66. The molecule has 106 valence electrons. The van der Waals surface area contributed by atoms with Crippen molar-refractivity contribution in [1.82, 2.24) is 9.80 Å². The molecule has 0 saturated carbocycles. The molecule has 4 unspecified atom stereocenters. The van der Waals surface area contributed by atoms with E-state index in [4.69, 9.17) is 0 Å². The van der Waals surface area contributed by atoms with E-state index in [0.29, 0.717) is 24.3 Å².